The van der Waals surface area contributed by atoms with E-state index in [9.17, 15) is 9.59 Å². The highest BCUT2D eigenvalue weighted by molar-refractivity contribution is 5.91. The summed E-state index contributed by atoms with van der Waals surface area (Å²) < 4.78 is 6.71. The van der Waals surface area contributed by atoms with Crippen LogP contribution in [0, 0.1) is 0 Å². The van der Waals surface area contributed by atoms with Gasteiger partial charge >= 0.3 is 0 Å². The van der Waals surface area contributed by atoms with Crippen molar-refractivity contribution in [2.45, 2.75) is 26.8 Å². The molecule has 0 saturated heterocycles. The fourth-order valence-electron chi connectivity index (χ4n) is 2.89. The molecule has 0 fully saturated rings. The monoisotopic (exact) mass is 377 g/mol. The van der Waals surface area contributed by atoms with Crippen molar-refractivity contribution in [3.05, 3.63) is 76.8 Å². The molecule has 6 nitrogen and oxygen atoms in total. The summed E-state index contributed by atoms with van der Waals surface area (Å²) in [4.78, 5) is 29.1. The van der Waals surface area contributed by atoms with Crippen molar-refractivity contribution in [1.82, 2.24) is 9.55 Å². The summed E-state index contributed by atoms with van der Waals surface area (Å²) in [5, 5.41) is 2.86. The Hall–Kier alpha value is -3.41. The first-order valence-electron chi connectivity index (χ1n) is 9.28. The summed E-state index contributed by atoms with van der Waals surface area (Å²) in [6.45, 7) is 4.46. The molecular weight excluding hydrogens is 354 g/mol. The minimum atomic E-state index is -0.280. The van der Waals surface area contributed by atoms with Gasteiger partial charge in [-0.3, -0.25) is 14.2 Å². The molecule has 0 unspecified atom stereocenters. The maximum Gasteiger partial charge on any atom is 0.254 e. The quantitative estimate of drug-likeness (QED) is 0.684. The van der Waals surface area contributed by atoms with Crippen LogP contribution in [-0.4, -0.2) is 22.1 Å². The van der Waals surface area contributed by atoms with Crippen molar-refractivity contribution in [3.8, 4) is 17.0 Å². The average molecular weight is 377 g/mol. The third-order valence-electron chi connectivity index (χ3n) is 4.33. The molecule has 0 atom stereocenters. The Morgan fingerprint density at radius 1 is 1.11 bits per heavy atom. The number of amides is 1. The van der Waals surface area contributed by atoms with Gasteiger partial charge in [-0.25, -0.2) is 4.98 Å². The Bertz CT molecular complexity index is 1010. The van der Waals surface area contributed by atoms with Crippen LogP contribution in [-0.2, 0) is 17.8 Å². The van der Waals surface area contributed by atoms with Crippen molar-refractivity contribution in [1.29, 1.82) is 0 Å². The summed E-state index contributed by atoms with van der Waals surface area (Å²) >= 11 is 0. The summed E-state index contributed by atoms with van der Waals surface area (Å²) in [7, 11) is 0. The predicted octanol–water partition coefficient (Wildman–Crippen LogP) is 3.51. The molecule has 1 N–H and O–H groups in total. The van der Waals surface area contributed by atoms with E-state index in [2.05, 4.69) is 10.3 Å². The van der Waals surface area contributed by atoms with Crippen LogP contribution in [0.2, 0.25) is 0 Å². The van der Waals surface area contributed by atoms with E-state index in [1.54, 1.807) is 0 Å². The van der Waals surface area contributed by atoms with Gasteiger partial charge in [-0.15, -0.1) is 0 Å². The van der Waals surface area contributed by atoms with E-state index in [1.165, 1.54) is 17.0 Å². The number of hydrogen-bond acceptors (Lipinski definition) is 4. The van der Waals surface area contributed by atoms with Gasteiger partial charge < -0.3 is 10.1 Å². The average Bonchev–Trinajstić information content (AvgIpc) is 2.71. The van der Waals surface area contributed by atoms with E-state index in [0.29, 0.717) is 12.3 Å². The molecule has 0 bridgehead atoms. The second kappa shape index (κ2) is 8.99. The smallest absolute Gasteiger partial charge is 0.254 e. The number of aromatic nitrogens is 2. The third kappa shape index (κ3) is 4.65. The number of hydrogen-bond donors (Lipinski definition) is 1. The van der Waals surface area contributed by atoms with E-state index in [4.69, 9.17) is 4.74 Å². The zero-order valence-electron chi connectivity index (χ0n) is 16.0. The first-order valence-corrected chi connectivity index (χ1v) is 9.28. The number of nitrogens with one attached hydrogen (secondary N) is 1. The highest BCUT2D eigenvalue weighted by Crippen LogP contribution is 2.19. The van der Waals surface area contributed by atoms with Gasteiger partial charge in [-0.05, 0) is 49.2 Å². The standard InChI is InChI=1S/C22H23N3O3/c1-3-16-7-5-6-8-19(16)24-21(26)14-25-15-23-20(13-22(25)27)17-9-11-18(12-10-17)28-4-2/h5-13,15H,3-4,14H2,1-2H3,(H,24,26). The van der Waals surface area contributed by atoms with Gasteiger partial charge in [0, 0.05) is 17.3 Å². The highest BCUT2D eigenvalue weighted by Gasteiger charge is 2.09. The van der Waals surface area contributed by atoms with Crippen LogP contribution in [0.25, 0.3) is 11.3 Å². The maximum absolute atomic E-state index is 12.4. The number of carbonyl (C=O) groups is 1. The fourth-order valence-corrected chi connectivity index (χ4v) is 2.89. The van der Waals surface area contributed by atoms with Gasteiger partial charge in [0.15, 0.2) is 0 Å². The number of rotatable bonds is 7. The minimum Gasteiger partial charge on any atom is -0.494 e. The molecule has 0 radical (unpaired) electrons. The molecule has 1 amide bonds. The van der Waals surface area contributed by atoms with Crippen LogP contribution in [0.5, 0.6) is 5.75 Å². The third-order valence-corrected chi connectivity index (χ3v) is 4.33. The van der Waals surface area contributed by atoms with Crippen LogP contribution < -0.4 is 15.6 Å². The molecule has 1 aromatic heterocycles. The fraction of sp³-hybridized carbons (Fsp3) is 0.227. The van der Waals surface area contributed by atoms with E-state index in [0.717, 1.165) is 29.0 Å². The van der Waals surface area contributed by atoms with E-state index >= 15 is 0 Å². The number of carbonyl (C=O) groups excluding carboxylic acids is 1. The lowest BCUT2D eigenvalue weighted by atomic mass is 10.1. The zero-order valence-corrected chi connectivity index (χ0v) is 16.0. The SMILES string of the molecule is CCOc1ccc(-c2cc(=O)n(CC(=O)Nc3ccccc3CC)cn2)cc1. The lowest BCUT2D eigenvalue weighted by Gasteiger charge is -2.11. The van der Waals surface area contributed by atoms with Gasteiger partial charge in [-0.2, -0.15) is 0 Å². The van der Waals surface area contributed by atoms with Gasteiger partial charge in [0.05, 0.1) is 18.6 Å². The topological polar surface area (TPSA) is 73.2 Å². The normalized spacial score (nSPS) is 10.5. The number of aryl methyl sites for hydroxylation is 1. The van der Waals surface area contributed by atoms with E-state index < -0.39 is 0 Å². The Kier molecular flexibility index (Phi) is 6.22. The van der Waals surface area contributed by atoms with Crippen LogP contribution >= 0.6 is 0 Å². The largest absolute Gasteiger partial charge is 0.494 e. The molecule has 1 heterocycles. The summed E-state index contributed by atoms with van der Waals surface area (Å²) in [5.74, 6) is 0.502. The van der Waals surface area contributed by atoms with Gasteiger partial charge in [-0.1, -0.05) is 25.1 Å². The zero-order chi connectivity index (χ0) is 19.9. The summed E-state index contributed by atoms with van der Waals surface area (Å²) in [6.07, 6.45) is 2.22. The van der Waals surface area contributed by atoms with Gasteiger partial charge in [0.1, 0.15) is 12.3 Å². The lowest BCUT2D eigenvalue weighted by molar-refractivity contribution is -0.116. The molecule has 28 heavy (non-hydrogen) atoms. The first kappa shape index (κ1) is 19.4. The molecule has 0 aliphatic heterocycles. The Labute approximate surface area is 163 Å². The molecule has 0 aliphatic rings. The first-order chi connectivity index (χ1) is 13.6. The second-order valence-corrected chi connectivity index (χ2v) is 6.26. The highest BCUT2D eigenvalue weighted by atomic mass is 16.5. The number of ether oxygens (including phenoxy) is 1. The van der Waals surface area contributed by atoms with Crippen molar-refractivity contribution in [2.24, 2.45) is 0 Å². The minimum absolute atomic E-state index is 0.0898. The van der Waals surface area contributed by atoms with Crippen molar-refractivity contribution in [2.75, 3.05) is 11.9 Å². The van der Waals surface area contributed by atoms with Crippen molar-refractivity contribution >= 4 is 11.6 Å². The van der Waals surface area contributed by atoms with Crippen molar-refractivity contribution in [3.63, 3.8) is 0 Å². The number of anilines is 1. The molecule has 0 aliphatic carbocycles. The number of para-hydroxylation sites is 1. The lowest BCUT2D eigenvalue weighted by Crippen LogP contribution is -2.27. The van der Waals surface area contributed by atoms with Gasteiger partial charge in [0.2, 0.25) is 5.91 Å². The van der Waals surface area contributed by atoms with Crippen LogP contribution in [0.3, 0.4) is 0 Å². The summed E-state index contributed by atoms with van der Waals surface area (Å²) in [6, 6.07) is 16.4. The molecule has 3 rings (SSSR count). The molecule has 3 aromatic rings. The Balaban J connectivity index is 1.72. The molecule has 6 heteroatoms. The second-order valence-electron chi connectivity index (χ2n) is 6.26. The van der Waals surface area contributed by atoms with Crippen LogP contribution in [0.4, 0.5) is 5.69 Å². The molecule has 0 saturated carbocycles. The van der Waals surface area contributed by atoms with Gasteiger partial charge in [0.25, 0.3) is 5.56 Å². The van der Waals surface area contributed by atoms with E-state index in [1.807, 2.05) is 62.4 Å². The Morgan fingerprint density at radius 2 is 1.86 bits per heavy atom. The maximum atomic E-state index is 12.4. The predicted molar refractivity (Wildman–Crippen MR) is 110 cm³/mol. The van der Waals surface area contributed by atoms with Crippen molar-refractivity contribution < 1.29 is 9.53 Å². The molecule has 144 valence electrons. The van der Waals surface area contributed by atoms with E-state index in [-0.39, 0.29) is 18.0 Å². The molecule has 2 aromatic carbocycles. The Morgan fingerprint density at radius 3 is 2.54 bits per heavy atom. The van der Waals surface area contributed by atoms with Crippen LogP contribution in [0.15, 0.2) is 65.7 Å². The molecule has 0 spiro atoms. The number of benzene rings is 2. The number of nitrogens with zero attached hydrogens (tertiary/aromatic N) is 2. The summed E-state index contributed by atoms with van der Waals surface area (Å²) in [5.41, 5.74) is 2.90. The molecular formula is C22H23N3O3. The van der Waals surface area contributed by atoms with Crippen LogP contribution in [0.1, 0.15) is 19.4 Å².